The molecule has 1 heterocycles. The summed E-state index contributed by atoms with van der Waals surface area (Å²) >= 11 is 0. The van der Waals surface area contributed by atoms with Gasteiger partial charge in [-0.05, 0) is 0 Å². The molecule has 0 saturated heterocycles. The molecule has 0 aliphatic carbocycles. The summed E-state index contributed by atoms with van der Waals surface area (Å²) in [5.41, 5.74) is -1.65. The number of aromatic amines is 1. The lowest BCUT2D eigenvalue weighted by Gasteiger charge is -2.27. The number of nitrogens with one attached hydrogen (secondary N) is 1. The van der Waals surface area contributed by atoms with Crippen LogP contribution >= 0.6 is 0 Å². The van der Waals surface area contributed by atoms with Gasteiger partial charge in [-0.1, -0.05) is 0 Å². The van der Waals surface area contributed by atoms with Crippen molar-refractivity contribution in [1.82, 2.24) is 9.55 Å². The number of carbonyl (C=O) groups excluding carboxylic acids is 2. The van der Waals surface area contributed by atoms with Gasteiger partial charge in [0.1, 0.15) is 12.7 Å². The van der Waals surface area contributed by atoms with Gasteiger partial charge in [-0.2, -0.15) is 0 Å². The summed E-state index contributed by atoms with van der Waals surface area (Å²) in [5, 5.41) is 0. The van der Waals surface area contributed by atoms with Gasteiger partial charge in [-0.3, -0.25) is 23.9 Å². The molecule has 0 amide bonds. The normalized spacial score (nSPS) is 14.6. The molecule has 1 unspecified atom stereocenters. The maximum Gasteiger partial charge on any atom is 0.331 e. The first kappa shape index (κ1) is 18.6. The van der Waals surface area contributed by atoms with Crippen molar-refractivity contribution < 1.29 is 28.2 Å². The van der Waals surface area contributed by atoms with Crippen LogP contribution in [0.1, 0.15) is 20.1 Å². The summed E-state index contributed by atoms with van der Waals surface area (Å²) in [6.45, 7) is 1.73. The number of hydrogen-bond acceptors (Lipinski definition) is 7. The Hall–Kier alpha value is -2.49. The van der Waals surface area contributed by atoms with Gasteiger partial charge in [0, 0.05) is 33.2 Å². The second-order valence-corrected chi connectivity index (χ2v) is 4.54. The topological polar surface area (TPSA) is 117 Å². The molecule has 0 saturated carbocycles. The fourth-order valence-electron chi connectivity index (χ4n) is 1.75. The van der Waals surface area contributed by atoms with Gasteiger partial charge in [-0.15, -0.1) is 0 Å². The second kappa shape index (κ2) is 8.22. The predicted molar refractivity (Wildman–Crippen MR) is 74.5 cm³/mol. The van der Waals surface area contributed by atoms with Crippen molar-refractivity contribution in [2.45, 2.75) is 32.4 Å². The average Bonchev–Trinajstić information content (AvgIpc) is 2.45. The highest BCUT2D eigenvalue weighted by Gasteiger charge is 2.35. The number of hydrogen-bond donors (Lipinski definition) is 1. The number of esters is 2. The van der Waals surface area contributed by atoms with Crippen LogP contribution < -0.4 is 11.2 Å². The smallest absolute Gasteiger partial charge is 0.331 e. The third kappa shape index (κ3) is 5.33. The number of alkyl halides is 1. The zero-order valence-corrected chi connectivity index (χ0v) is 12.8. The summed E-state index contributed by atoms with van der Waals surface area (Å²) in [6.07, 6.45) is -4.04. The second-order valence-electron chi connectivity index (χ2n) is 4.54. The molecule has 1 aromatic rings. The van der Waals surface area contributed by atoms with Crippen LogP contribution in [0.15, 0.2) is 21.9 Å². The van der Waals surface area contributed by atoms with Crippen LogP contribution in [0.4, 0.5) is 4.39 Å². The lowest BCUT2D eigenvalue weighted by molar-refractivity contribution is -0.168. The van der Waals surface area contributed by atoms with Crippen molar-refractivity contribution in [1.29, 1.82) is 0 Å². The quantitative estimate of drug-likeness (QED) is 0.670. The Bertz CT molecular complexity index is 669. The minimum atomic E-state index is -2.04. The van der Waals surface area contributed by atoms with E-state index in [-0.39, 0.29) is 0 Å². The Morgan fingerprint density at radius 2 is 1.96 bits per heavy atom. The molecular weight excluding hydrogens is 315 g/mol. The monoisotopic (exact) mass is 332 g/mol. The molecule has 3 atom stereocenters. The maximum absolute atomic E-state index is 14.7. The zero-order valence-electron chi connectivity index (χ0n) is 12.8. The first-order chi connectivity index (χ1) is 10.8. The third-order valence-electron chi connectivity index (χ3n) is 2.79. The molecule has 1 N–H and O–H groups in total. The largest absolute Gasteiger partial charge is 0.463 e. The van der Waals surface area contributed by atoms with E-state index in [9.17, 15) is 23.6 Å². The van der Waals surface area contributed by atoms with Crippen molar-refractivity contribution in [3.05, 3.63) is 33.1 Å². The van der Waals surface area contributed by atoms with Gasteiger partial charge in [0.15, 0.2) is 6.17 Å². The van der Waals surface area contributed by atoms with E-state index in [1.165, 1.54) is 7.11 Å². The lowest BCUT2D eigenvalue weighted by Crippen LogP contribution is -2.43. The number of carbonyl (C=O) groups is 2. The summed E-state index contributed by atoms with van der Waals surface area (Å²) in [7, 11) is 1.17. The van der Waals surface area contributed by atoms with Crippen LogP contribution in [0.5, 0.6) is 0 Å². The summed E-state index contributed by atoms with van der Waals surface area (Å²) in [6, 6.07) is 0.971. The molecule has 0 fully saturated rings. The number of ether oxygens (including phenoxy) is 3. The zero-order chi connectivity index (χ0) is 17.6. The molecule has 9 nitrogen and oxygen atoms in total. The van der Waals surface area contributed by atoms with E-state index in [0.29, 0.717) is 4.57 Å². The van der Waals surface area contributed by atoms with Crippen LogP contribution in [0.2, 0.25) is 0 Å². The van der Waals surface area contributed by atoms with Crippen molar-refractivity contribution in [3.63, 3.8) is 0 Å². The number of aromatic nitrogens is 2. The fraction of sp³-hybridized carbons (Fsp3) is 0.538. The van der Waals surface area contributed by atoms with Gasteiger partial charge in [-0.25, -0.2) is 9.18 Å². The number of halogens is 1. The third-order valence-corrected chi connectivity index (χ3v) is 2.79. The van der Waals surface area contributed by atoms with Crippen molar-refractivity contribution in [3.8, 4) is 0 Å². The van der Waals surface area contributed by atoms with Crippen LogP contribution in [-0.2, 0) is 23.8 Å². The van der Waals surface area contributed by atoms with E-state index < -0.39 is 48.3 Å². The summed E-state index contributed by atoms with van der Waals surface area (Å²) in [4.78, 5) is 46.8. The van der Waals surface area contributed by atoms with Crippen molar-refractivity contribution in [2.24, 2.45) is 0 Å². The number of rotatable bonds is 7. The molecule has 0 aliphatic heterocycles. The first-order valence-electron chi connectivity index (χ1n) is 6.55. The number of methoxy groups -OCH3 is 1. The standard InChI is InChI=1S/C13H17FN2O7/c1-7(17)22-6-9(21-3)11(14)12(23-8(2)18)16-5-4-10(19)15-13(16)20/h4-5,9,11-12H,6H2,1-3H3,(H,15,19,20)/t9-,11+,12?/m1/s1. The van der Waals surface area contributed by atoms with E-state index in [4.69, 9.17) is 9.47 Å². The molecule has 23 heavy (non-hydrogen) atoms. The predicted octanol–water partition coefficient (Wildman–Crippen LogP) is -0.485. The highest BCUT2D eigenvalue weighted by Crippen LogP contribution is 2.20. The molecule has 1 aromatic heterocycles. The Morgan fingerprint density at radius 1 is 1.30 bits per heavy atom. The van der Waals surface area contributed by atoms with Gasteiger partial charge < -0.3 is 14.2 Å². The molecule has 0 spiro atoms. The molecule has 0 aliphatic rings. The maximum atomic E-state index is 14.7. The first-order valence-corrected chi connectivity index (χ1v) is 6.55. The van der Waals surface area contributed by atoms with E-state index in [2.05, 4.69) is 4.74 Å². The van der Waals surface area contributed by atoms with Crippen molar-refractivity contribution in [2.75, 3.05) is 13.7 Å². The number of H-pyrrole nitrogens is 1. The van der Waals surface area contributed by atoms with Crippen LogP contribution in [0, 0.1) is 0 Å². The van der Waals surface area contributed by atoms with Crippen LogP contribution in [0.25, 0.3) is 0 Å². The highest BCUT2D eigenvalue weighted by molar-refractivity contribution is 5.66. The van der Waals surface area contributed by atoms with Gasteiger partial charge in [0.2, 0.25) is 6.23 Å². The van der Waals surface area contributed by atoms with Gasteiger partial charge in [0.25, 0.3) is 5.56 Å². The van der Waals surface area contributed by atoms with E-state index in [1.807, 2.05) is 4.98 Å². The Morgan fingerprint density at radius 3 is 2.43 bits per heavy atom. The molecule has 0 bridgehead atoms. The Labute approximate surface area is 130 Å². The van der Waals surface area contributed by atoms with E-state index in [0.717, 1.165) is 26.1 Å². The molecule has 10 heteroatoms. The molecule has 1 rings (SSSR count). The molecule has 0 radical (unpaired) electrons. The summed E-state index contributed by atoms with van der Waals surface area (Å²) in [5.74, 6) is -1.50. The highest BCUT2D eigenvalue weighted by atomic mass is 19.1. The molecule has 0 aromatic carbocycles. The van der Waals surface area contributed by atoms with Crippen LogP contribution in [-0.4, -0.2) is 47.5 Å². The SMILES string of the molecule is CO[C@H](COC(C)=O)[C@H](F)C(OC(C)=O)n1ccc(=O)[nH]c1=O. The van der Waals surface area contributed by atoms with Gasteiger partial charge >= 0.3 is 17.6 Å². The van der Waals surface area contributed by atoms with E-state index >= 15 is 0 Å². The molecular formula is C13H17FN2O7. The lowest BCUT2D eigenvalue weighted by atomic mass is 10.2. The summed E-state index contributed by atoms with van der Waals surface area (Å²) < 4.78 is 29.7. The minimum absolute atomic E-state index is 0.442. The Kier molecular flexibility index (Phi) is 6.64. The number of nitrogens with zero attached hydrogens (tertiary/aromatic N) is 1. The van der Waals surface area contributed by atoms with Crippen molar-refractivity contribution >= 4 is 11.9 Å². The molecule has 128 valence electrons. The van der Waals surface area contributed by atoms with Crippen LogP contribution in [0.3, 0.4) is 0 Å². The van der Waals surface area contributed by atoms with E-state index in [1.54, 1.807) is 0 Å². The van der Waals surface area contributed by atoms with Gasteiger partial charge in [0.05, 0.1) is 0 Å². The average molecular weight is 332 g/mol. The minimum Gasteiger partial charge on any atom is -0.463 e. The Balaban J connectivity index is 3.13. The fourth-order valence-corrected chi connectivity index (χ4v) is 1.75.